The summed E-state index contributed by atoms with van der Waals surface area (Å²) in [6.45, 7) is 2.49. The molecule has 5 heteroatoms. The number of hydrogen-bond donors (Lipinski definition) is 0. The van der Waals surface area contributed by atoms with Crippen molar-refractivity contribution in [3.05, 3.63) is 10.1 Å². The molecule has 0 spiro atoms. The highest BCUT2D eigenvalue weighted by Gasteiger charge is 2.47. The summed E-state index contributed by atoms with van der Waals surface area (Å²) in [4.78, 5) is 23.7. The van der Waals surface area contributed by atoms with Gasteiger partial charge in [-0.2, -0.15) is 0 Å². The maximum Gasteiger partial charge on any atom is 0.297 e. The van der Waals surface area contributed by atoms with E-state index in [1.807, 2.05) is 0 Å². The molecular formula is C9H14N2O3. The molecule has 2 atom stereocenters. The third kappa shape index (κ3) is 1.47. The third-order valence-electron chi connectivity index (χ3n) is 3.12. The highest BCUT2D eigenvalue weighted by Crippen LogP contribution is 2.32. The predicted molar refractivity (Wildman–Crippen MR) is 49.3 cm³/mol. The van der Waals surface area contributed by atoms with Gasteiger partial charge in [-0.1, -0.05) is 6.92 Å². The zero-order valence-corrected chi connectivity index (χ0v) is 8.18. The minimum Gasteiger partial charge on any atom is -0.334 e. The van der Waals surface area contributed by atoms with Gasteiger partial charge in [-0.3, -0.25) is 14.9 Å². The molecule has 78 valence electrons. The van der Waals surface area contributed by atoms with E-state index in [2.05, 4.69) is 0 Å². The number of rotatable bonds is 2. The Bertz CT molecular complexity index is 275. The van der Waals surface area contributed by atoms with Gasteiger partial charge in [0.15, 0.2) is 0 Å². The maximum absolute atomic E-state index is 11.7. The summed E-state index contributed by atoms with van der Waals surface area (Å²) >= 11 is 0. The van der Waals surface area contributed by atoms with E-state index < -0.39 is 11.0 Å². The minimum absolute atomic E-state index is 0.118. The number of hydrogen-bond acceptors (Lipinski definition) is 3. The largest absolute Gasteiger partial charge is 0.334 e. The molecule has 2 rings (SSSR count). The predicted octanol–water partition coefficient (Wildman–Crippen LogP) is 0.663. The molecule has 0 N–H and O–H groups in total. The summed E-state index contributed by atoms with van der Waals surface area (Å²) in [5, 5.41) is 10.7. The van der Waals surface area contributed by atoms with Crippen molar-refractivity contribution in [2.75, 3.05) is 6.54 Å². The van der Waals surface area contributed by atoms with Gasteiger partial charge in [0, 0.05) is 23.4 Å². The normalized spacial score (nSPS) is 33.2. The molecule has 1 aliphatic carbocycles. The average molecular weight is 198 g/mol. The van der Waals surface area contributed by atoms with E-state index in [-0.39, 0.29) is 11.8 Å². The first kappa shape index (κ1) is 9.43. The standard InChI is InChI=1S/C9H14N2O3/c1-6-4-5-10(7-2-3-7)9(12)8(6)11(13)14/h6-8H,2-5H2,1H3. The van der Waals surface area contributed by atoms with Crippen molar-refractivity contribution in [1.82, 2.24) is 4.90 Å². The Labute approximate surface area is 82.2 Å². The van der Waals surface area contributed by atoms with E-state index in [0.717, 1.165) is 19.3 Å². The van der Waals surface area contributed by atoms with Crippen molar-refractivity contribution in [3.8, 4) is 0 Å². The van der Waals surface area contributed by atoms with Crippen LogP contribution < -0.4 is 0 Å². The lowest BCUT2D eigenvalue weighted by Gasteiger charge is -2.31. The molecule has 0 aromatic rings. The molecule has 0 aromatic heterocycles. The van der Waals surface area contributed by atoms with Crippen LogP contribution in [0.15, 0.2) is 0 Å². The number of carbonyl (C=O) groups is 1. The van der Waals surface area contributed by atoms with Crippen molar-refractivity contribution in [2.45, 2.75) is 38.3 Å². The van der Waals surface area contributed by atoms with Crippen LogP contribution in [-0.4, -0.2) is 34.4 Å². The summed E-state index contributed by atoms with van der Waals surface area (Å²) < 4.78 is 0. The van der Waals surface area contributed by atoms with E-state index in [9.17, 15) is 14.9 Å². The van der Waals surface area contributed by atoms with Gasteiger partial charge in [0.2, 0.25) is 0 Å². The average Bonchev–Trinajstić information content (AvgIpc) is 2.86. The van der Waals surface area contributed by atoms with Crippen LogP contribution in [0.4, 0.5) is 0 Å². The fraction of sp³-hybridized carbons (Fsp3) is 0.889. The Hall–Kier alpha value is -1.13. The van der Waals surface area contributed by atoms with Gasteiger partial charge >= 0.3 is 0 Å². The zero-order chi connectivity index (χ0) is 10.3. The van der Waals surface area contributed by atoms with Gasteiger partial charge in [-0.15, -0.1) is 0 Å². The number of piperidine rings is 1. The molecule has 1 saturated heterocycles. The number of carbonyl (C=O) groups excluding carboxylic acids is 1. The molecular weight excluding hydrogens is 184 g/mol. The molecule has 0 bridgehead atoms. The van der Waals surface area contributed by atoms with Gasteiger partial charge in [0.1, 0.15) is 0 Å². The second-order valence-electron chi connectivity index (χ2n) is 4.26. The van der Waals surface area contributed by atoms with Gasteiger partial charge in [0.25, 0.3) is 11.9 Å². The Balaban J connectivity index is 2.12. The van der Waals surface area contributed by atoms with Crippen molar-refractivity contribution < 1.29 is 9.72 Å². The highest BCUT2D eigenvalue weighted by molar-refractivity contribution is 5.82. The van der Waals surface area contributed by atoms with E-state index >= 15 is 0 Å². The van der Waals surface area contributed by atoms with Crippen LogP contribution in [0.1, 0.15) is 26.2 Å². The number of nitro groups is 1. The van der Waals surface area contributed by atoms with Gasteiger partial charge in [0.05, 0.1) is 0 Å². The van der Waals surface area contributed by atoms with E-state index in [4.69, 9.17) is 0 Å². The fourth-order valence-corrected chi connectivity index (χ4v) is 2.07. The van der Waals surface area contributed by atoms with Crippen LogP contribution in [0.3, 0.4) is 0 Å². The monoisotopic (exact) mass is 198 g/mol. The Kier molecular flexibility index (Phi) is 2.17. The van der Waals surface area contributed by atoms with Crippen LogP contribution in [0, 0.1) is 16.0 Å². The van der Waals surface area contributed by atoms with Crippen LogP contribution in [0.2, 0.25) is 0 Å². The molecule has 0 aromatic carbocycles. The fourth-order valence-electron chi connectivity index (χ4n) is 2.07. The molecule has 1 aliphatic heterocycles. The molecule has 14 heavy (non-hydrogen) atoms. The number of nitrogens with zero attached hydrogens (tertiary/aromatic N) is 2. The Morgan fingerprint density at radius 2 is 2.07 bits per heavy atom. The zero-order valence-electron chi connectivity index (χ0n) is 8.18. The second kappa shape index (κ2) is 3.22. The number of likely N-dealkylation sites (tertiary alicyclic amines) is 1. The first-order valence-electron chi connectivity index (χ1n) is 5.05. The maximum atomic E-state index is 11.7. The minimum atomic E-state index is -0.996. The van der Waals surface area contributed by atoms with Gasteiger partial charge in [-0.05, 0) is 19.3 Å². The lowest BCUT2D eigenvalue weighted by molar-refractivity contribution is -0.519. The summed E-state index contributed by atoms with van der Waals surface area (Å²) in [5.74, 6) is -0.385. The molecule has 0 radical (unpaired) electrons. The van der Waals surface area contributed by atoms with E-state index in [1.54, 1.807) is 11.8 Å². The molecule has 2 fully saturated rings. The van der Waals surface area contributed by atoms with Crippen molar-refractivity contribution in [1.29, 1.82) is 0 Å². The summed E-state index contributed by atoms with van der Waals surface area (Å²) in [6, 6.07) is -0.693. The van der Waals surface area contributed by atoms with E-state index in [0.29, 0.717) is 12.6 Å². The van der Waals surface area contributed by atoms with Crippen molar-refractivity contribution in [2.24, 2.45) is 5.92 Å². The molecule has 2 aliphatic rings. The van der Waals surface area contributed by atoms with Crippen LogP contribution >= 0.6 is 0 Å². The van der Waals surface area contributed by atoms with Gasteiger partial charge < -0.3 is 4.90 Å². The topological polar surface area (TPSA) is 63.5 Å². The quantitative estimate of drug-likeness (QED) is 0.483. The molecule has 5 nitrogen and oxygen atoms in total. The third-order valence-corrected chi connectivity index (χ3v) is 3.12. The smallest absolute Gasteiger partial charge is 0.297 e. The Morgan fingerprint density at radius 1 is 1.43 bits per heavy atom. The summed E-state index contributed by atoms with van der Waals surface area (Å²) in [5.41, 5.74) is 0. The number of amides is 1. The summed E-state index contributed by atoms with van der Waals surface area (Å²) in [7, 11) is 0. The SMILES string of the molecule is CC1CCN(C2CC2)C(=O)C1[N+](=O)[O-]. The highest BCUT2D eigenvalue weighted by atomic mass is 16.6. The lowest BCUT2D eigenvalue weighted by atomic mass is 9.93. The molecule has 1 heterocycles. The first-order valence-corrected chi connectivity index (χ1v) is 5.05. The van der Waals surface area contributed by atoms with Crippen LogP contribution in [0.5, 0.6) is 0 Å². The van der Waals surface area contributed by atoms with Gasteiger partial charge in [-0.25, -0.2) is 0 Å². The lowest BCUT2D eigenvalue weighted by Crippen LogP contribution is -2.52. The second-order valence-corrected chi connectivity index (χ2v) is 4.26. The van der Waals surface area contributed by atoms with Crippen LogP contribution in [0.25, 0.3) is 0 Å². The first-order chi connectivity index (χ1) is 6.61. The van der Waals surface area contributed by atoms with Crippen molar-refractivity contribution in [3.63, 3.8) is 0 Å². The molecule has 1 amide bonds. The van der Waals surface area contributed by atoms with E-state index in [1.165, 1.54) is 0 Å². The summed E-state index contributed by atoms with van der Waals surface area (Å²) in [6.07, 6.45) is 2.79. The van der Waals surface area contributed by atoms with Crippen molar-refractivity contribution >= 4 is 5.91 Å². The molecule has 1 saturated carbocycles. The Morgan fingerprint density at radius 3 is 2.57 bits per heavy atom. The van der Waals surface area contributed by atoms with Crippen LogP contribution in [-0.2, 0) is 4.79 Å². The molecule has 2 unspecified atom stereocenters.